The van der Waals surface area contributed by atoms with Crippen LogP contribution in [-0.2, 0) is 4.74 Å². The maximum atomic E-state index is 13.2. The Balaban J connectivity index is 1.52. The molecule has 0 radical (unpaired) electrons. The molecule has 0 spiro atoms. The van der Waals surface area contributed by atoms with E-state index >= 15 is 0 Å². The number of anilines is 1. The number of ether oxygens (including phenoxy) is 1. The molecule has 1 aliphatic heterocycles. The lowest BCUT2D eigenvalue weighted by molar-refractivity contribution is 0.0299. The highest BCUT2D eigenvalue weighted by Crippen LogP contribution is 2.27. The monoisotopic (exact) mass is 456 g/mol. The minimum absolute atomic E-state index is 0.145. The molecule has 0 aromatic carbocycles. The Kier molecular flexibility index (Phi) is 5.95. The number of fused-ring (bicyclic) bond motifs is 1. The second-order valence-electron chi connectivity index (χ2n) is 8.25. The third kappa shape index (κ3) is 4.41. The Morgan fingerprint density at radius 1 is 1.16 bits per heavy atom. The van der Waals surface area contributed by atoms with Crippen molar-refractivity contribution >= 4 is 28.8 Å². The van der Waals surface area contributed by atoms with Gasteiger partial charge in [-0.2, -0.15) is 5.10 Å². The molecule has 2 fully saturated rings. The van der Waals surface area contributed by atoms with Crippen LogP contribution in [0.3, 0.4) is 0 Å². The summed E-state index contributed by atoms with van der Waals surface area (Å²) in [6, 6.07) is 5.46. The molecule has 32 heavy (non-hydrogen) atoms. The molecule has 168 valence electrons. The SMILES string of the molecule is O=C(c1cc(N[C@H]2CC[C@H](O)CC2)nc(-c2cnn3ccc(Cl)cc23)n1)N1CCOCC1. The van der Waals surface area contributed by atoms with Crippen LogP contribution < -0.4 is 5.32 Å². The average Bonchev–Trinajstić information content (AvgIpc) is 3.23. The first-order chi connectivity index (χ1) is 15.6. The summed E-state index contributed by atoms with van der Waals surface area (Å²) >= 11 is 6.20. The minimum Gasteiger partial charge on any atom is -0.393 e. The average molecular weight is 457 g/mol. The van der Waals surface area contributed by atoms with Gasteiger partial charge in [0, 0.05) is 36.4 Å². The molecule has 0 atom stereocenters. The van der Waals surface area contributed by atoms with Crippen molar-refractivity contribution in [2.45, 2.75) is 37.8 Å². The fraction of sp³-hybridized carbons (Fsp3) is 0.455. The predicted molar refractivity (Wildman–Crippen MR) is 120 cm³/mol. The van der Waals surface area contributed by atoms with E-state index in [0.717, 1.165) is 31.2 Å². The van der Waals surface area contributed by atoms with Gasteiger partial charge in [0.1, 0.15) is 11.5 Å². The Bertz CT molecular complexity index is 1120. The summed E-state index contributed by atoms with van der Waals surface area (Å²) in [7, 11) is 0. The van der Waals surface area contributed by atoms with Gasteiger partial charge >= 0.3 is 0 Å². The first-order valence-electron chi connectivity index (χ1n) is 10.9. The maximum absolute atomic E-state index is 13.2. The molecule has 4 heterocycles. The van der Waals surface area contributed by atoms with Crippen LogP contribution >= 0.6 is 11.6 Å². The van der Waals surface area contributed by atoms with Crippen LogP contribution in [0.15, 0.2) is 30.6 Å². The molecule has 3 aromatic heterocycles. The van der Waals surface area contributed by atoms with Crippen molar-refractivity contribution in [3.63, 3.8) is 0 Å². The lowest BCUT2D eigenvalue weighted by Gasteiger charge is -2.28. The maximum Gasteiger partial charge on any atom is 0.272 e. The molecule has 0 unspecified atom stereocenters. The zero-order chi connectivity index (χ0) is 22.1. The summed E-state index contributed by atoms with van der Waals surface area (Å²) in [6.45, 7) is 2.11. The van der Waals surface area contributed by atoms with Gasteiger partial charge in [0.05, 0.1) is 36.6 Å². The highest BCUT2D eigenvalue weighted by Gasteiger charge is 2.24. The smallest absolute Gasteiger partial charge is 0.272 e. The highest BCUT2D eigenvalue weighted by atomic mass is 35.5. The van der Waals surface area contributed by atoms with Crippen molar-refractivity contribution in [1.82, 2.24) is 24.5 Å². The molecule has 10 heteroatoms. The van der Waals surface area contributed by atoms with Crippen molar-refractivity contribution in [2.24, 2.45) is 0 Å². The molecule has 9 nitrogen and oxygen atoms in total. The van der Waals surface area contributed by atoms with E-state index in [4.69, 9.17) is 21.3 Å². The lowest BCUT2D eigenvalue weighted by atomic mass is 9.93. The number of nitrogens with one attached hydrogen (secondary N) is 1. The van der Waals surface area contributed by atoms with Crippen molar-refractivity contribution in [2.75, 3.05) is 31.6 Å². The number of rotatable bonds is 4. The zero-order valence-corrected chi connectivity index (χ0v) is 18.3. The van der Waals surface area contributed by atoms with Crippen LogP contribution in [0.25, 0.3) is 16.9 Å². The Hall–Kier alpha value is -2.75. The van der Waals surface area contributed by atoms with Gasteiger partial charge in [0.15, 0.2) is 5.82 Å². The zero-order valence-electron chi connectivity index (χ0n) is 17.6. The molecule has 5 rings (SSSR count). The summed E-state index contributed by atoms with van der Waals surface area (Å²) in [6.07, 6.45) is 6.42. The first kappa shape index (κ1) is 21.1. The topological polar surface area (TPSA) is 105 Å². The molecule has 1 amide bonds. The Morgan fingerprint density at radius 2 is 1.94 bits per heavy atom. The molecular weight excluding hydrogens is 432 g/mol. The van der Waals surface area contributed by atoms with Gasteiger partial charge in [-0.15, -0.1) is 0 Å². The van der Waals surface area contributed by atoms with Gasteiger partial charge in [0.25, 0.3) is 5.91 Å². The van der Waals surface area contributed by atoms with E-state index in [1.807, 2.05) is 0 Å². The van der Waals surface area contributed by atoms with Crippen LogP contribution in [-0.4, -0.2) is 73.9 Å². The van der Waals surface area contributed by atoms with Crippen molar-refractivity contribution < 1.29 is 14.6 Å². The number of carbonyl (C=O) groups is 1. The number of pyridine rings is 1. The van der Waals surface area contributed by atoms with Crippen LogP contribution in [0.5, 0.6) is 0 Å². The summed E-state index contributed by atoms with van der Waals surface area (Å²) in [5.41, 5.74) is 1.79. The number of hydrogen-bond donors (Lipinski definition) is 2. The number of amides is 1. The van der Waals surface area contributed by atoms with Crippen molar-refractivity contribution in [3.8, 4) is 11.4 Å². The van der Waals surface area contributed by atoms with E-state index in [1.54, 1.807) is 40.0 Å². The Labute approximate surface area is 190 Å². The number of carbonyl (C=O) groups excluding carboxylic acids is 1. The van der Waals surface area contributed by atoms with E-state index in [0.29, 0.717) is 54.2 Å². The normalized spacial score (nSPS) is 21.6. The second-order valence-corrected chi connectivity index (χ2v) is 8.69. The fourth-order valence-corrected chi connectivity index (χ4v) is 4.40. The summed E-state index contributed by atoms with van der Waals surface area (Å²) in [4.78, 5) is 24.3. The number of hydrogen-bond acceptors (Lipinski definition) is 7. The Morgan fingerprint density at radius 3 is 2.72 bits per heavy atom. The van der Waals surface area contributed by atoms with Crippen LogP contribution in [0.1, 0.15) is 36.2 Å². The van der Waals surface area contributed by atoms with Gasteiger partial charge in [0.2, 0.25) is 0 Å². The molecule has 2 aliphatic rings. The molecule has 2 N–H and O–H groups in total. The van der Waals surface area contributed by atoms with Gasteiger partial charge in [-0.05, 0) is 37.8 Å². The molecule has 1 saturated carbocycles. The van der Waals surface area contributed by atoms with Crippen molar-refractivity contribution in [1.29, 1.82) is 0 Å². The number of halogens is 1. The van der Waals surface area contributed by atoms with Crippen molar-refractivity contribution in [3.05, 3.63) is 41.3 Å². The second kappa shape index (κ2) is 9.01. The third-order valence-corrected chi connectivity index (χ3v) is 6.25. The van der Waals surface area contributed by atoms with Crippen LogP contribution in [0.4, 0.5) is 5.82 Å². The predicted octanol–water partition coefficient (Wildman–Crippen LogP) is 2.63. The van der Waals surface area contributed by atoms with E-state index in [9.17, 15) is 9.90 Å². The number of aliphatic hydroxyl groups excluding tert-OH is 1. The van der Waals surface area contributed by atoms with E-state index in [-0.39, 0.29) is 18.1 Å². The molecule has 3 aromatic rings. The largest absolute Gasteiger partial charge is 0.393 e. The number of aromatic nitrogens is 4. The highest BCUT2D eigenvalue weighted by molar-refractivity contribution is 6.31. The summed E-state index contributed by atoms with van der Waals surface area (Å²) < 4.78 is 7.08. The quantitative estimate of drug-likeness (QED) is 0.621. The van der Waals surface area contributed by atoms with E-state index in [1.165, 1.54) is 0 Å². The minimum atomic E-state index is -0.240. The van der Waals surface area contributed by atoms with Gasteiger partial charge in [-0.1, -0.05) is 11.6 Å². The molecule has 0 bridgehead atoms. The third-order valence-electron chi connectivity index (χ3n) is 6.02. The molecule has 1 aliphatic carbocycles. The number of nitrogens with zero attached hydrogens (tertiary/aromatic N) is 5. The fourth-order valence-electron chi connectivity index (χ4n) is 4.24. The molecule has 1 saturated heterocycles. The van der Waals surface area contributed by atoms with E-state index in [2.05, 4.69) is 15.4 Å². The first-order valence-corrected chi connectivity index (χ1v) is 11.3. The lowest BCUT2D eigenvalue weighted by Crippen LogP contribution is -2.41. The van der Waals surface area contributed by atoms with Crippen LogP contribution in [0, 0.1) is 0 Å². The van der Waals surface area contributed by atoms with E-state index < -0.39 is 0 Å². The van der Waals surface area contributed by atoms with Gasteiger partial charge < -0.3 is 20.1 Å². The standard InChI is InChI=1S/C22H25ClN6O3/c23-14-5-6-29-19(11-14)17(13-24-29)21-26-18(22(31)28-7-9-32-10-8-28)12-20(27-21)25-15-1-3-16(30)4-2-15/h5-6,11-13,15-16,30H,1-4,7-10H2,(H,25,26,27)/t15-,16-. The number of morpholine rings is 1. The van der Waals surface area contributed by atoms with Crippen LogP contribution in [0.2, 0.25) is 5.02 Å². The summed E-state index contributed by atoms with van der Waals surface area (Å²) in [5, 5.41) is 18.2. The molecular formula is C22H25ClN6O3. The van der Waals surface area contributed by atoms with Gasteiger partial charge in [-0.25, -0.2) is 14.5 Å². The number of aliphatic hydroxyl groups is 1. The van der Waals surface area contributed by atoms with Gasteiger partial charge in [-0.3, -0.25) is 4.79 Å². The summed E-state index contributed by atoms with van der Waals surface area (Å²) in [5.74, 6) is 0.864.